The Hall–Kier alpha value is -1.85. The van der Waals surface area contributed by atoms with Gasteiger partial charge in [0.15, 0.2) is 0 Å². The molecule has 0 unspecified atom stereocenters. The summed E-state index contributed by atoms with van der Waals surface area (Å²) in [6.07, 6.45) is 7.30. The van der Waals surface area contributed by atoms with E-state index in [1.807, 2.05) is 11.1 Å². The number of rotatable bonds is 6. The fourth-order valence-electron chi connectivity index (χ4n) is 2.61. The average Bonchev–Trinajstić information content (AvgIpc) is 2.97. The number of aliphatic carboxylic acids is 1. The Kier molecular flexibility index (Phi) is 5.15. The first kappa shape index (κ1) is 14.6. The highest BCUT2D eigenvalue weighted by Crippen LogP contribution is 2.25. The largest absolute Gasteiger partial charge is 0.481 e. The molecular formula is C14H21N3O3. The lowest BCUT2D eigenvalue weighted by molar-refractivity contribution is -0.137. The molecule has 1 aliphatic heterocycles. The molecule has 1 aromatic heterocycles. The van der Waals surface area contributed by atoms with Crippen molar-refractivity contribution in [1.29, 1.82) is 0 Å². The van der Waals surface area contributed by atoms with E-state index < -0.39 is 5.97 Å². The third-order valence-corrected chi connectivity index (χ3v) is 3.79. The predicted octanol–water partition coefficient (Wildman–Crippen LogP) is 1.76. The first-order valence-electron chi connectivity index (χ1n) is 7.15. The Morgan fingerprint density at radius 2 is 2.00 bits per heavy atom. The molecule has 2 heterocycles. The van der Waals surface area contributed by atoms with Gasteiger partial charge < -0.3 is 15.0 Å². The van der Waals surface area contributed by atoms with Crippen LogP contribution in [-0.4, -0.2) is 44.9 Å². The molecule has 2 rings (SSSR count). The van der Waals surface area contributed by atoms with Gasteiger partial charge in [0, 0.05) is 44.2 Å². The minimum atomic E-state index is -0.795. The average molecular weight is 279 g/mol. The van der Waals surface area contributed by atoms with Gasteiger partial charge in [0.2, 0.25) is 5.91 Å². The topological polar surface area (TPSA) is 86.3 Å². The molecule has 6 nitrogen and oxygen atoms in total. The molecule has 1 saturated heterocycles. The molecule has 110 valence electrons. The standard InChI is InChI=1S/C14H21N3O3/c18-12(3-1-2-4-13(19)20)17-9-5-11(6-10-17)14-15-7-8-16-14/h7-8,11H,1-6,9-10H2,(H,15,16)(H,19,20). The van der Waals surface area contributed by atoms with Crippen molar-refractivity contribution in [2.45, 2.75) is 44.4 Å². The number of amides is 1. The van der Waals surface area contributed by atoms with Crippen molar-refractivity contribution in [3.05, 3.63) is 18.2 Å². The summed E-state index contributed by atoms with van der Waals surface area (Å²) in [6.45, 7) is 1.53. The number of nitrogens with zero attached hydrogens (tertiary/aromatic N) is 2. The number of carboxylic acids is 1. The van der Waals surface area contributed by atoms with Crippen LogP contribution in [0.4, 0.5) is 0 Å². The van der Waals surface area contributed by atoms with E-state index >= 15 is 0 Å². The molecule has 0 spiro atoms. The van der Waals surface area contributed by atoms with E-state index in [0.717, 1.165) is 31.8 Å². The molecule has 6 heteroatoms. The van der Waals surface area contributed by atoms with Gasteiger partial charge in [-0.2, -0.15) is 0 Å². The number of carbonyl (C=O) groups excluding carboxylic acids is 1. The third kappa shape index (κ3) is 4.08. The molecule has 1 aliphatic rings. The van der Waals surface area contributed by atoms with Gasteiger partial charge in [-0.05, 0) is 25.7 Å². The van der Waals surface area contributed by atoms with Gasteiger partial charge in [-0.3, -0.25) is 9.59 Å². The van der Waals surface area contributed by atoms with E-state index in [4.69, 9.17) is 5.11 Å². The van der Waals surface area contributed by atoms with E-state index in [1.165, 1.54) is 0 Å². The van der Waals surface area contributed by atoms with Gasteiger partial charge in [0.1, 0.15) is 5.82 Å². The Morgan fingerprint density at radius 1 is 1.30 bits per heavy atom. The second kappa shape index (κ2) is 7.07. The number of aromatic amines is 1. The number of carbonyl (C=O) groups is 2. The molecule has 0 atom stereocenters. The maximum absolute atomic E-state index is 12.0. The van der Waals surface area contributed by atoms with Crippen molar-refractivity contribution in [1.82, 2.24) is 14.9 Å². The first-order valence-corrected chi connectivity index (χ1v) is 7.15. The summed E-state index contributed by atoms with van der Waals surface area (Å²) in [4.78, 5) is 31.7. The van der Waals surface area contributed by atoms with Crippen LogP contribution in [-0.2, 0) is 9.59 Å². The highest BCUT2D eigenvalue weighted by Gasteiger charge is 2.24. The van der Waals surface area contributed by atoms with Gasteiger partial charge in [0.05, 0.1) is 0 Å². The van der Waals surface area contributed by atoms with Crippen molar-refractivity contribution in [3.8, 4) is 0 Å². The van der Waals surface area contributed by atoms with E-state index in [2.05, 4.69) is 9.97 Å². The van der Waals surface area contributed by atoms with Crippen LogP contribution < -0.4 is 0 Å². The van der Waals surface area contributed by atoms with Crippen LogP contribution in [0.1, 0.15) is 50.3 Å². The summed E-state index contributed by atoms with van der Waals surface area (Å²) in [5.41, 5.74) is 0. The lowest BCUT2D eigenvalue weighted by Gasteiger charge is -2.31. The van der Waals surface area contributed by atoms with Crippen molar-refractivity contribution in [3.63, 3.8) is 0 Å². The third-order valence-electron chi connectivity index (χ3n) is 3.79. The van der Waals surface area contributed by atoms with Gasteiger partial charge in [-0.25, -0.2) is 4.98 Å². The summed E-state index contributed by atoms with van der Waals surface area (Å²) in [7, 11) is 0. The number of hydrogen-bond donors (Lipinski definition) is 2. The molecular weight excluding hydrogens is 258 g/mol. The molecule has 2 N–H and O–H groups in total. The minimum Gasteiger partial charge on any atom is -0.481 e. The number of unbranched alkanes of at least 4 members (excludes halogenated alkanes) is 1. The van der Waals surface area contributed by atoms with Crippen molar-refractivity contribution in [2.75, 3.05) is 13.1 Å². The van der Waals surface area contributed by atoms with Gasteiger partial charge >= 0.3 is 5.97 Å². The van der Waals surface area contributed by atoms with Crippen molar-refractivity contribution >= 4 is 11.9 Å². The number of likely N-dealkylation sites (tertiary alicyclic amines) is 1. The zero-order valence-electron chi connectivity index (χ0n) is 11.5. The molecule has 1 amide bonds. The quantitative estimate of drug-likeness (QED) is 0.777. The number of hydrogen-bond acceptors (Lipinski definition) is 3. The van der Waals surface area contributed by atoms with Crippen LogP contribution in [0.2, 0.25) is 0 Å². The minimum absolute atomic E-state index is 0.147. The maximum Gasteiger partial charge on any atom is 0.303 e. The van der Waals surface area contributed by atoms with Crippen LogP contribution >= 0.6 is 0 Å². The number of nitrogens with one attached hydrogen (secondary N) is 1. The fourth-order valence-corrected chi connectivity index (χ4v) is 2.61. The second-order valence-electron chi connectivity index (χ2n) is 5.23. The number of carboxylic acid groups (broad SMARTS) is 1. The fraction of sp³-hybridized carbons (Fsp3) is 0.643. The zero-order chi connectivity index (χ0) is 14.4. The van der Waals surface area contributed by atoms with Crippen LogP contribution in [0.15, 0.2) is 12.4 Å². The molecule has 0 saturated carbocycles. The Labute approximate surface area is 118 Å². The molecule has 1 fully saturated rings. The van der Waals surface area contributed by atoms with Crippen LogP contribution in [0.5, 0.6) is 0 Å². The summed E-state index contributed by atoms with van der Waals surface area (Å²) in [6, 6.07) is 0. The lowest BCUT2D eigenvalue weighted by atomic mass is 9.96. The Balaban J connectivity index is 1.68. The molecule has 20 heavy (non-hydrogen) atoms. The molecule has 1 aromatic rings. The molecule has 0 aliphatic carbocycles. The Bertz CT molecular complexity index is 437. The summed E-state index contributed by atoms with van der Waals surface area (Å²) < 4.78 is 0. The number of aromatic nitrogens is 2. The van der Waals surface area contributed by atoms with Crippen molar-refractivity contribution < 1.29 is 14.7 Å². The molecule has 0 aromatic carbocycles. The van der Waals surface area contributed by atoms with Gasteiger partial charge in [0.25, 0.3) is 0 Å². The van der Waals surface area contributed by atoms with Crippen LogP contribution in [0, 0.1) is 0 Å². The molecule has 0 radical (unpaired) electrons. The summed E-state index contributed by atoms with van der Waals surface area (Å²) in [5.74, 6) is 0.782. The SMILES string of the molecule is O=C(O)CCCCC(=O)N1CCC(c2ncc[nH]2)CC1. The maximum atomic E-state index is 12.0. The molecule has 0 bridgehead atoms. The second-order valence-corrected chi connectivity index (χ2v) is 5.23. The monoisotopic (exact) mass is 279 g/mol. The number of imidazole rings is 1. The number of piperidine rings is 1. The predicted molar refractivity (Wildman–Crippen MR) is 73.2 cm³/mol. The summed E-state index contributed by atoms with van der Waals surface area (Å²) >= 11 is 0. The van der Waals surface area contributed by atoms with E-state index in [0.29, 0.717) is 25.2 Å². The van der Waals surface area contributed by atoms with Crippen LogP contribution in [0.3, 0.4) is 0 Å². The highest BCUT2D eigenvalue weighted by atomic mass is 16.4. The zero-order valence-corrected chi connectivity index (χ0v) is 11.5. The van der Waals surface area contributed by atoms with Crippen LogP contribution in [0.25, 0.3) is 0 Å². The smallest absolute Gasteiger partial charge is 0.303 e. The van der Waals surface area contributed by atoms with E-state index in [-0.39, 0.29) is 12.3 Å². The van der Waals surface area contributed by atoms with Gasteiger partial charge in [-0.15, -0.1) is 0 Å². The van der Waals surface area contributed by atoms with Crippen molar-refractivity contribution in [2.24, 2.45) is 0 Å². The summed E-state index contributed by atoms with van der Waals surface area (Å²) in [5, 5.41) is 8.54. The van der Waals surface area contributed by atoms with E-state index in [9.17, 15) is 9.59 Å². The Morgan fingerprint density at radius 3 is 2.60 bits per heavy atom. The number of H-pyrrole nitrogens is 1. The lowest BCUT2D eigenvalue weighted by Crippen LogP contribution is -2.38. The normalized spacial score (nSPS) is 16.3. The first-order chi connectivity index (χ1) is 9.66. The highest BCUT2D eigenvalue weighted by molar-refractivity contribution is 5.76. The van der Waals surface area contributed by atoms with E-state index in [1.54, 1.807) is 6.20 Å². The van der Waals surface area contributed by atoms with Gasteiger partial charge in [-0.1, -0.05) is 0 Å².